The molecule has 0 aliphatic carbocycles. The SMILES string of the molecule is CN(C)c1ccccc1C1CC(c2cccnc2)=NN1C(=O)c1ccccc1. The van der Waals surface area contributed by atoms with Crippen LogP contribution in [0.5, 0.6) is 0 Å². The number of carbonyl (C=O) groups excluding carboxylic acids is 1. The van der Waals surface area contributed by atoms with Crippen LogP contribution in [0.4, 0.5) is 5.69 Å². The van der Waals surface area contributed by atoms with Crippen molar-refractivity contribution in [1.82, 2.24) is 9.99 Å². The van der Waals surface area contributed by atoms with Crippen molar-refractivity contribution in [3.8, 4) is 0 Å². The van der Waals surface area contributed by atoms with E-state index in [4.69, 9.17) is 5.10 Å². The van der Waals surface area contributed by atoms with Gasteiger partial charge in [-0.15, -0.1) is 0 Å². The zero-order valence-corrected chi connectivity index (χ0v) is 16.0. The molecule has 1 aromatic heterocycles. The van der Waals surface area contributed by atoms with E-state index in [1.54, 1.807) is 17.4 Å². The summed E-state index contributed by atoms with van der Waals surface area (Å²) in [6.45, 7) is 0. The number of aromatic nitrogens is 1. The molecule has 0 bridgehead atoms. The van der Waals surface area contributed by atoms with E-state index in [0.717, 1.165) is 22.5 Å². The molecular weight excluding hydrogens is 348 g/mol. The molecule has 2 aromatic carbocycles. The number of hydrazone groups is 1. The fourth-order valence-electron chi connectivity index (χ4n) is 3.54. The van der Waals surface area contributed by atoms with Crippen LogP contribution in [0.1, 0.15) is 33.9 Å². The van der Waals surface area contributed by atoms with Gasteiger partial charge >= 0.3 is 0 Å². The van der Waals surface area contributed by atoms with Crippen LogP contribution < -0.4 is 4.90 Å². The smallest absolute Gasteiger partial charge is 0.274 e. The molecule has 3 aromatic rings. The minimum Gasteiger partial charge on any atom is -0.377 e. The van der Waals surface area contributed by atoms with Crippen molar-refractivity contribution in [1.29, 1.82) is 0 Å². The third kappa shape index (κ3) is 3.39. The highest BCUT2D eigenvalue weighted by Crippen LogP contribution is 2.38. The Morgan fingerprint density at radius 3 is 2.46 bits per heavy atom. The van der Waals surface area contributed by atoms with Crippen molar-refractivity contribution in [2.45, 2.75) is 12.5 Å². The second-order valence-electron chi connectivity index (χ2n) is 6.98. The summed E-state index contributed by atoms with van der Waals surface area (Å²) in [5.41, 5.74) is 4.61. The molecule has 1 unspecified atom stereocenters. The summed E-state index contributed by atoms with van der Waals surface area (Å²) in [7, 11) is 4.03. The second-order valence-corrected chi connectivity index (χ2v) is 6.98. The van der Waals surface area contributed by atoms with Crippen LogP contribution in [0, 0.1) is 0 Å². The van der Waals surface area contributed by atoms with Gasteiger partial charge in [0, 0.05) is 55.3 Å². The maximum absolute atomic E-state index is 13.3. The van der Waals surface area contributed by atoms with Gasteiger partial charge < -0.3 is 4.90 Å². The Labute approximate surface area is 164 Å². The van der Waals surface area contributed by atoms with Gasteiger partial charge in [0.15, 0.2) is 0 Å². The van der Waals surface area contributed by atoms with Crippen LogP contribution in [0.15, 0.2) is 84.2 Å². The van der Waals surface area contributed by atoms with Crippen molar-refractivity contribution in [2.75, 3.05) is 19.0 Å². The monoisotopic (exact) mass is 370 g/mol. The predicted octanol–water partition coefficient (Wildman–Crippen LogP) is 4.14. The van der Waals surface area contributed by atoms with Crippen LogP contribution in [0.25, 0.3) is 0 Å². The molecule has 1 atom stereocenters. The number of carbonyl (C=O) groups is 1. The highest BCUT2D eigenvalue weighted by Gasteiger charge is 2.35. The number of anilines is 1. The first-order valence-electron chi connectivity index (χ1n) is 9.28. The molecule has 0 N–H and O–H groups in total. The van der Waals surface area contributed by atoms with E-state index < -0.39 is 0 Å². The minimum absolute atomic E-state index is 0.0990. The molecule has 0 spiro atoms. The zero-order valence-electron chi connectivity index (χ0n) is 16.0. The maximum Gasteiger partial charge on any atom is 0.274 e. The summed E-state index contributed by atoms with van der Waals surface area (Å²) in [5.74, 6) is -0.0990. The highest BCUT2D eigenvalue weighted by atomic mass is 16.2. The van der Waals surface area contributed by atoms with Gasteiger partial charge in [0.05, 0.1) is 11.8 Å². The normalized spacial score (nSPS) is 16.0. The number of pyridine rings is 1. The van der Waals surface area contributed by atoms with Crippen LogP contribution in [0.3, 0.4) is 0 Å². The first-order chi connectivity index (χ1) is 13.6. The number of para-hydroxylation sites is 1. The molecule has 0 radical (unpaired) electrons. The fraction of sp³-hybridized carbons (Fsp3) is 0.174. The zero-order chi connectivity index (χ0) is 19.5. The Morgan fingerprint density at radius 1 is 1.00 bits per heavy atom. The Kier molecular flexibility index (Phi) is 4.89. The predicted molar refractivity (Wildman–Crippen MR) is 112 cm³/mol. The van der Waals surface area contributed by atoms with Gasteiger partial charge in [0.25, 0.3) is 5.91 Å². The molecule has 0 fully saturated rings. The molecule has 0 saturated heterocycles. The van der Waals surface area contributed by atoms with Crippen LogP contribution in [-0.4, -0.2) is 35.7 Å². The number of nitrogens with zero attached hydrogens (tertiary/aromatic N) is 4. The Balaban J connectivity index is 1.78. The molecular formula is C23H22N4O. The van der Waals surface area contributed by atoms with Crippen LogP contribution in [0.2, 0.25) is 0 Å². The lowest BCUT2D eigenvalue weighted by Crippen LogP contribution is -2.28. The van der Waals surface area contributed by atoms with E-state index >= 15 is 0 Å². The number of hydrogen-bond acceptors (Lipinski definition) is 4. The van der Waals surface area contributed by atoms with Gasteiger partial charge in [0.2, 0.25) is 0 Å². The maximum atomic E-state index is 13.3. The average Bonchev–Trinajstić information content (AvgIpc) is 3.20. The van der Waals surface area contributed by atoms with E-state index in [1.165, 1.54) is 0 Å². The topological polar surface area (TPSA) is 48.8 Å². The quantitative estimate of drug-likeness (QED) is 0.693. The molecule has 5 nitrogen and oxygen atoms in total. The number of hydrogen-bond donors (Lipinski definition) is 0. The lowest BCUT2D eigenvalue weighted by Gasteiger charge is -2.26. The molecule has 28 heavy (non-hydrogen) atoms. The summed E-state index contributed by atoms with van der Waals surface area (Å²) >= 11 is 0. The van der Waals surface area contributed by atoms with Gasteiger partial charge in [-0.1, -0.05) is 42.5 Å². The van der Waals surface area contributed by atoms with Gasteiger partial charge in [-0.25, -0.2) is 5.01 Å². The average molecular weight is 370 g/mol. The molecule has 140 valence electrons. The summed E-state index contributed by atoms with van der Waals surface area (Å²) < 4.78 is 0. The fourth-order valence-corrected chi connectivity index (χ4v) is 3.54. The van der Waals surface area contributed by atoms with Crippen LogP contribution in [-0.2, 0) is 0 Å². The van der Waals surface area contributed by atoms with Gasteiger partial charge in [-0.3, -0.25) is 9.78 Å². The Morgan fingerprint density at radius 2 is 1.75 bits per heavy atom. The first kappa shape index (κ1) is 17.9. The standard InChI is InChI=1S/C23H22N4O/c1-26(2)21-13-7-6-12-19(21)22-15-20(18-11-8-14-24-16-18)25-27(22)23(28)17-9-4-3-5-10-17/h3-14,16,22H,15H2,1-2H3. The van der Waals surface area contributed by atoms with Gasteiger partial charge in [0.1, 0.15) is 0 Å². The summed E-state index contributed by atoms with van der Waals surface area (Å²) in [5, 5.41) is 6.36. The van der Waals surface area contributed by atoms with E-state index in [-0.39, 0.29) is 11.9 Å². The summed E-state index contributed by atoms with van der Waals surface area (Å²) in [6.07, 6.45) is 4.18. The van der Waals surface area contributed by atoms with E-state index in [9.17, 15) is 4.79 Å². The summed E-state index contributed by atoms with van der Waals surface area (Å²) in [6, 6.07) is 21.2. The third-order valence-electron chi connectivity index (χ3n) is 4.91. The van der Waals surface area contributed by atoms with Crippen molar-refractivity contribution in [3.63, 3.8) is 0 Å². The number of rotatable bonds is 4. The minimum atomic E-state index is -0.165. The molecule has 1 aliphatic heterocycles. The highest BCUT2D eigenvalue weighted by molar-refractivity contribution is 6.05. The van der Waals surface area contributed by atoms with Crippen molar-refractivity contribution in [2.24, 2.45) is 5.10 Å². The largest absolute Gasteiger partial charge is 0.377 e. The Bertz CT molecular complexity index is 999. The Hall–Kier alpha value is -3.47. The first-order valence-corrected chi connectivity index (χ1v) is 9.28. The second kappa shape index (κ2) is 7.64. The molecule has 4 rings (SSSR count). The lowest BCUT2D eigenvalue weighted by molar-refractivity contribution is 0.0711. The lowest BCUT2D eigenvalue weighted by atomic mass is 9.97. The molecule has 1 amide bonds. The molecule has 5 heteroatoms. The van der Waals surface area contributed by atoms with Crippen molar-refractivity contribution >= 4 is 17.3 Å². The number of benzene rings is 2. The van der Waals surface area contributed by atoms with Gasteiger partial charge in [-0.2, -0.15) is 5.10 Å². The molecule has 0 saturated carbocycles. The van der Waals surface area contributed by atoms with Gasteiger partial charge in [-0.05, 0) is 24.3 Å². The molecule has 2 heterocycles. The van der Waals surface area contributed by atoms with Crippen molar-refractivity contribution < 1.29 is 4.79 Å². The van der Waals surface area contributed by atoms with Crippen molar-refractivity contribution in [3.05, 3.63) is 95.8 Å². The van der Waals surface area contributed by atoms with E-state index in [2.05, 4.69) is 22.0 Å². The number of amides is 1. The summed E-state index contributed by atoms with van der Waals surface area (Å²) in [4.78, 5) is 19.6. The molecule has 1 aliphatic rings. The van der Waals surface area contributed by atoms with Crippen LogP contribution >= 0.6 is 0 Å². The third-order valence-corrected chi connectivity index (χ3v) is 4.91. The van der Waals surface area contributed by atoms with E-state index in [1.807, 2.05) is 68.7 Å². The van der Waals surface area contributed by atoms with E-state index in [0.29, 0.717) is 12.0 Å².